The van der Waals surface area contributed by atoms with Crippen LogP contribution in [0.4, 0.5) is 5.95 Å². The third kappa shape index (κ3) is 4.68. The van der Waals surface area contributed by atoms with Crippen LogP contribution in [0.2, 0.25) is 0 Å². The van der Waals surface area contributed by atoms with E-state index in [0.717, 1.165) is 36.9 Å². The van der Waals surface area contributed by atoms with Gasteiger partial charge in [-0.15, -0.1) is 0 Å². The van der Waals surface area contributed by atoms with E-state index >= 15 is 0 Å². The third-order valence-electron chi connectivity index (χ3n) is 4.51. The number of hydrogen-bond acceptors (Lipinski definition) is 5. The molecule has 2 heterocycles. The molecule has 1 atom stereocenters. The molecule has 1 aromatic heterocycles. The molecular formula is C19H26N4O. The monoisotopic (exact) mass is 326 g/mol. The lowest BCUT2D eigenvalue weighted by Gasteiger charge is -2.33. The first-order valence-corrected chi connectivity index (χ1v) is 8.64. The lowest BCUT2D eigenvalue weighted by atomic mass is 10.0. The second kappa shape index (κ2) is 8.11. The normalized spacial score (nSPS) is 18.3. The van der Waals surface area contributed by atoms with Crippen molar-refractivity contribution in [2.24, 2.45) is 0 Å². The molecule has 0 saturated carbocycles. The number of benzene rings is 1. The Morgan fingerprint density at radius 2 is 2.08 bits per heavy atom. The van der Waals surface area contributed by atoms with Gasteiger partial charge in [-0.1, -0.05) is 12.1 Å². The summed E-state index contributed by atoms with van der Waals surface area (Å²) in [7, 11) is 1.70. The van der Waals surface area contributed by atoms with E-state index in [1.807, 2.05) is 31.3 Å². The van der Waals surface area contributed by atoms with Crippen molar-refractivity contribution >= 4 is 5.95 Å². The van der Waals surface area contributed by atoms with E-state index in [1.54, 1.807) is 7.11 Å². The van der Waals surface area contributed by atoms with Gasteiger partial charge in [0.15, 0.2) is 0 Å². The minimum absolute atomic E-state index is 0.427. The van der Waals surface area contributed by atoms with Crippen LogP contribution in [0.25, 0.3) is 0 Å². The van der Waals surface area contributed by atoms with Gasteiger partial charge in [-0.2, -0.15) is 0 Å². The Bertz CT molecular complexity index is 644. The molecule has 1 unspecified atom stereocenters. The van der Waals surface area contributed by atoms with Crippen LogP contribution in [0.5, 0.6) is 5.75 Å². The summed E-state index contributed by atoms with van der Waals surface area (Å²) in [5.41, 5.74) is 2.35. The largest absolute Gasteiger partial charge is 0.497 e. The summed E-state index contributed by atoms with van der Waals surface area (Å²) in [4.78, 5) is 11.3. The predicted octanol–water partition coefficient (Wildman–Crippen LogP) is 2.91. The van der Waals surface area contributed by atoms with Crippen LogP contribution in [0.1, 0.15) is 24.1 Å². The van der Waals surface area contributed by atoms with Gasteiger partial charge in [0.1, 0.15) is 5.75 Å². The van der Waals surface area contributed by atoms with E-state index in [-0.39, 0.29) is 0 Å². The van der Waals surface area contributed by atoms with Gasteiger partial charge in [-0.3, -0.25) is 0 Å². The molecule has 5 heteroatoms. The van der Waals surface area contributed by atoms with Crippen molar-refractivity contribution in [1.29, 1.82) is 0 Å². The average Bonchev–Trinajstić information content (AvgIpc) is 2.61. The fraction of sp³-hybridized carbons (Fsp3) is 0.474. The Labute approximate surface area is 144 Å². The van der Waals surface area contributed by atoms with Crippen molar-refractivity contribution in [1.82, 2.24) is 14.9 Å². The molecule has 0 bridgehead atoms. The molecule has 1 saturated heterocycles. The number of methoxy groups -OCH3 is 1. The number of likely N-dealkylation sites (tertiary alicyclic amines) is 1. The summed E-state index contributed by atoms with van der Waals surface area (Å²) in [6.07, 6.45) is 5.27. The standard InChI is InChI=1S/C19H26N4O/c1-15-9-11-20-19(21-15)22-17-4-3-12-23(14-17)13-10-16-5-7-18(24-2)8-6-16/h5-9,11,17H,3-4,10,12-14H2,1-2H3,(H,20,21,22). The van der Waals surface area contributed by atoms with Crippen LogP contribution < -0.4 is 10.1 Å². The Kier molecular flexibility index (Phi) is 5.64. The topological polar surface area (TPSA) is 50.3 Å². The van der Waals surface area contributed by atoms with Crippen LogP contribution >= 0.6 is 0 Å². The number of aromatic nitrogens is 2. The van der Waals surface area contributed by atoms with Crippen molar-refractivity contribution in [2.75, 3.05) is 32.1 Å². The summed E-state index contributed by atoms with van der Waals surface area (Å²) in [6.45, 7) is 5.30. The molecule has 0 radical (unpaired) electrons. The molecule has 128 valence electrons. The van der Waals surface area contributed by atoms with Crippen LogP contribution in [-0.4, -0.2) is 47.7 Å². The molecule has 2 aromatic rings. The summed E-state index contributed by atoms with van der Waals surface area (Å²) in [5.74, 6) is 1.66. The highest BCUT2D eigenvalue weighted by Crippen LogP contribution is 2.16. The third-order valence-corrected chi connectivity index (χ3v) is 4.51. The molecule has 0 spiro atoms. The zero-order valence-electron chi connectivity index (χ0n) is 14.5. The number of nitrogens with one attached hydrogen (secondary N) is 1. The molecule has 1 aromatic carbocycles. The highest BCUT2D eigenvalue weighted by atomic mass is 16.5. The fourth-order valence-corrected chi connectivity index (χ4v) is 3.16. The van der Waals surface area contributed by atoms with Gasteiger partial charge < -0.3 is 15.0 Å². The number of anilines is 1. The van der Waals surface area contributed by atoms with Gasteiger partial charge in [0, 0.05) is 31.0 Å². The van der Waals surface area contributed by atoms with Gasteiger partial charge >= 0.3 is 0 Å². The lowest BCUT2D eigenvalue weighted by molar-refractivity contribution is 0.218. The van der Waals surface area contributed by atoms with Crippen LogP contribution in [0.15, 0.2) is 36.5 Å². The van der Waals surface area contributed by atoms with E-state index in [9.17, 15) is 0 Å². The molecule has 0 aliphatic carbocycles. The number of nitrogens with zero attached hydrogens (tertiary/aromatic N) is 3. The smallest absolute Gasteiger partial charge is 0.223 e. The quantitative estimate of drug-likeness (QED) is 0.884. The molecule has 1 fully saturated rings. The highest BCUT2D eigenvalue weighted by molar-refractivity contribution is 5.28. The van der Waals surface area contributed by atoms with Crippen LogP contribution in [-0.2, 0) is 6.42 Å². The first-order valence-electron chi connectivity index (χ1n) is 8.64. The van der Waals surface area contributed by atoms with Gasteiger partial charge in [-0.05, 0) is 56.5 Å². The zero-order valence-corrected chi connectivity index (χ0v) is 14.5. The van der Waals surface area contributed by atoms with E-state index in [2.05, 4.69) is 32.3 Å². The number of piperidine rings is 1. The van der Waals surface area contributed by atoms with E-state index in [4.69, 9.17) is 4.74 Å². The molecule has 0 amide bonds. The Hall–Kier alpha value is -2.14. The minimum Gasteiger partial charge on any atom is -0.497 e. The van der Waals surface area contributed by atoms with Gasteiger partial charge in [-0.25, -0.2) is 9.97 Å². The lowest BCUT2D eigenvalue weighted by Crippen LogP contribution is -2.43. The van der Waals surface area contributed by atoms with Crippen molar-refractivity contribution in [2.45, 2.75) is 32.2 Å². The van der Waals surface area contributed by atoms with Gasteiger partial charge in [0.05, 0.1) is 7.11 Å². The number of ether oxygens (including phenoxy) is 1. The van der Waals surface area contributed by atoms with Crippen molar-refractivity contribution in [3.8, 4) is 5.75 Å². The maximum atomic E-state index is 5.21. The summed E-state index contributed by atoms with van der Waals surface area (Å²) < 4.78 is 5.21. The Morgan fingerprint density at radius 3 is 2.83 bits per heavy atom. The second-order valence-corrected chi connectivity index (χ2v) is 6.40. The molecule has 1 aliphatic heterocycles. The van der Waals surface area contributed by atoms with Crippen molar-refractivity contribution < 1.29 is 4.74 Å². The SMILES string of the molecule is COc1ccc(CCN2CCCC(Nc3nccc(C)n3)C2)cc1. The molecule has 1 N–H and O–H groups in total. The zero-order chi connectivity index (χ0) is 16.8. The predicted molar refractivity (Wildman–Crippen MR) is 96.6 cm³/mol. The summed E-state index contributed by atoms with van der Waals surface area (Å²) >= 11 is 0. The van der Waals surface area contributed by atoms with Crippen molar-refractivity contribution in [3.63, 3.8) is 0 Å². The highest BCUT2D eigenvalue weighted by Gasteiger charge is 2.20. The first kappa shape index (κ1) is 16.7. The van der Waals surface area contributed by atoms with Crippen LogP contribution in [0.3, 0.4) is 0 Å². The number of aryl methyl sites for hydroxylation is 1. The maximum absolute atomic E-state index is 5.21. The number of rotatable bonds is 6. The molecule has 3 rings (SSSR count). The summed E-state index contributed by atoms with van der Waals surface area (Å²) in [6, 6.07) is 10.7. The average molecular weight is 326 g/mol. The molecular weight excluding hydrogens is 300 g/mol. The van der Waals surface area contributed by atoms with E-state index in [0.29, 0.717) is 6.04 Å². The van der Waals surface area contributed by atoms with E-state index in [1.165, 1.54) is 24.9 Å². The Morgan fingerprint density at radius 1 is 1.25 bits per heavy atom. The van der Waals surface area contributed by atoms with Crippen molar-refractivity contribution in [3.05, 3.63) is 47.8 Å². The fourth-order valence-electron chi connectivity index (χ4n) is 3.16. The minimum atomic E-state index is 0.427. The second-order valence-electron chi connectivity index (χ2n) is 6.40. The first-order chi connectivity index (χ1) is 11.7. The molecule has 24 heavy (non-hydrogen) atoms. The molecule has 1 aliphatic rings. The Balaban J connectivity index is 1.49. The summed E-state index contributed by atoms with van der Waals surface area (Å²) in [5, 5.41) is 3.48. The van der Waals surface area contributed by atoms with E-state index < -0.39 is 0 Å². The number of hydrogen-bond donors (Lipinski definition) is 1. The molecule has 5 nitrogen and oxygen atoms in total. The maximum Gasteiger partial charge on any atom is 0.223 e. The van der Waals surface area contributed by atoms with Gasteiger partial charge in [0.25, 0.3) is 0 Å². The van der Waals surface area contributed by atoms with Crippen LogP contribution in [0, 0.1) is 6.92 Å². The van der Waals surface area contributed by atoms with Gasteiger partial charge in [0.2, 0.25) is 5.95 Å².